The molecule has 1 saturated heterocycles. The van der Waals surface area contributed by atoms with Crippen molar-refractivity contribution in [3.8, 4) is 0 Å². The van der Waals surface area contributed by atoms with E-state index in [2.05, 4.69) is 5.16 Å². The molecule has 0 spiro atoms. The van der Waals surface area contributed by atoms with Crippen LogP contribution in [0.3, 0.4) is 0 Å². The summed E-state index contributed by atoms with van der Waals surface area (Å²) in [7, 11) is 0. The number of oxime groups is 1. The zero-order valence-electron chi connectivity index (χ0n) is 10.1. The van der Waals surface area contributed by atoms with E-state index in [0.29, 0.717) is 23.7 Å². The molecule has 1 aliphatic heterocycles. The number of rotatable bonds is 2. The molecular formula is C12H14ClN3O3. The first-order valence-electron chi connectivity index (χ1n) is 5.75. The lowest BCUT2D eigenvalue weighted by molar-refractivity contribution is 0.00676. The van der Waals surface area contributed by atoms with Crippen LogP contribution in [0.1, 0.15) is 10.4 Å². The average molecular weight is 284 g/mol. The van der Waals surface area contributed by atoms with Gasteiger partial charge in [0.05, 0.1) is 13.2 Å². The molecule has 7 heteroatoms. The zero-order chi connectivity index (χ0) is 13.8. The summed E-state index contributed by atoms with van der Waals surface area (Å²) in [6.07, 6.45) is -0.574. The average Bonchev–Trinajstić information content (AvgIpc) is 2.46. The van der Waals surface area contributed by atoms with Crippen LogP contribution in [0.15, 0.2) is 29.4 Å². The molecule has 0 radical (unpaired) electrons. The summed E-state index contributed by atoms with van der Waals surface area (Å²) >= 11 is 5.78. The number of ether oxygens (including phenoxy) is 1. The van der Waals surface area contributed by atoms with Crippen molar-refractivity contribution in [3.05, 3.63) is 34.9 Å². The number of halogens is 1. The summed E-state index contributed by atoms with van der Waals surface area (Å²) in [6, 6.07) is 6.66. The second-order valence-corrected chi connectivity index (χ2v) is 4.58. The maximum Gasteiger partial charge on any atom is 0.254 e. The first kappa shape index (κ1) is 13.6. The molecule has 102 valence electrons. The Bertz CT molecular complexity index is 489. The quantitative estimate of drug-likeness (QED) is 0.366. The highest BCUT2D eigenvalue weighted by Crippen LogP contribution is 2.14. The van der Waals surface area contributed by atoms with Crippen LogP contribution in [-0.2, 0) is 4.74 Å². The number of hydrogen-bond donors (Lipinski definition) is 2. The Morgan fingerprint density at radius 1 is 1.47 bits per heavy atom. The number of morpholine rings is 1. The Labute approximate surface area is 115 Å². The van der Waals surface area contributed by atoms with E-state index in [9.17, 15) is 4.79 Å². The summed E-state index contributed by atoms with van der Waals surface area (Å²) in [5, 5.41) is 12.1. The van der Waals surface area contributed by atoms with Gasteiger partial charge in [0.25, 0.3) is 5.91 Å². The third-order valence-electron chi connectivity index (χ3n) is 2.89. The van der Waals surface area contributed by atoms with Crippen molar-refractivity contribution in [2.75, 3.05) is 19.7 Å². The van der Waals surface area contributed by atoms with Gasteiger partial charge in [-0.05, 0) is 24.3 Å². The van der Waals surface area contributed by atoms with Gasteiger partial charge in [0, 0.05) is 17.1 Å². The van der Waals surface area contributed by atoms with E-state index < -0.39 is 6.10 Å². The molecule has 2 rings (SSSR count). The molecule has 0 bridgehead atoms. The SMILES string of the molecule is NC(=NO)C1CN(C(=O)c2ccc(Cl)cc2)CCO1. The zero-order valence-corrected chi connectivity index (χ0v) is 10.9. The smallest absolute Gasteiger partial charge is 0.254 e. The largest absolute Gasteiger partial charge is 0.409 e. The normalized spacial score (nSPS) is 20.4. The molecule has 19 heavy (non-hydrogen) atoms. The van der Waals surface area contributed by atoms with Gasteiger partial charge in [0.2, 0.25) is 0 Å². The number of amides is 1. The van der Waals surface area contributed by atoms with E-state index in [1.165, 1.54) is 0 Å². The van der Waals surface area contributed by atoms with E-state index in [0.717, 1.165) is 0 Å². The van der Waals surface area contributed by atoms with Gasteiger partial charge in [-0.1, -0.05) is 16.8 Å². The highest BCUT2D eigenvalue weighted by molar-refractivity contribution is 6.30. The summed E-state index contributed by atoms with van der Waals surface area (Å²) in [4.78, 5) is 13.9. The van der Waals surface area contributed by atoms with Crippen LogP contribution >= 0.6 is 11.6 Å². The van der Waals surface area contributed by atoms with E-state index in [4.69, 9.17) is 27.3 Å². The maximum atomic E-state index is 12.3. The number of carbonyl (C=O) groups is 1. The lowest BCUT2D eigenvalue weighted by atomic mass is 10.1. The fraction of sp³-hybridized carbons (Fsp3) is 0.333. The highest BCUT2D eigenvalue weighted by Gasteiger charge is 2.27. The molecule has 1 aliphatic rings. The summed E-state index contributed by atoms with van der Waals surface area (Å²) in [5.41, 5.74) is 6.03. The number of benzene rings is 1. The molecule has 0 aromatic heterocycles. The molecule has 0 aliphatic carbocycles. The lowest BCUT2D eigenvalue weighted by Crippen LogP contribution is -2.50. The minimum atomic E-state index is -0.574. The molecule has 1 aromatic rings. The minimum Gasteiger partial charge on any atom is -0.409 e. The van der Waals surface area contributed by atoms with Gasteiger partial charge in [-0.3, -0.25) is 4.79 Å². The van der Waals surface area contributed by atoms with Crippen LogP contribution in [0.2, 0.25) is 5.02 Å². The summed E-state index contributed by atoms with van der Waals surface area (Å²) in [6.45, 7) is 1.08. The second-order valence-electron chi connectivity index (χ2n) is 4.14. The van der Waals surface area contributed by atoms with Crippen LogP contribution in [0.4, 0.5) is 0 Å². The van der Waals surface area contributed by atoms with Crippen molar-refractivity contribution < 1.29 is 14.7 Å². The van der Waals surface area contributed by atoms with E-state index >= 15 is 0 Å². The molecule has 1 amide bonds. The highest BCUT2D eigenvalue weighted by atomic mass is 35.5. The maximum absolute atomic E-state index is 12.3. The fourth-order valence-corrected chi connectivity index (χ4v) is 1.98. The molecule has 0 saturated carbocycles. The molecule has 1 atom stereocenters. The number of hydrogen-bond acceptors (Lipinski definition) is 4. The Morgan fingerprint density at radius 2 is 2.16 bits per heavy atom. The standard InChI is InChI=1S/C12H14ClN3O3/c13-9-3-1-8(2-4-9)12(17)16-5-6-19-10(7-16)11(14)15-18/h1-4,10,18H,5-7H2,(H2,14,15). The van der Waals surface area contributed by atoms with Crippen LogP contribution < -0.4 is 5.73 Å². The van der Waals surface area contributed by atoms with Crippen LogP contribution in [-0.4, -0.2) is 47.7 Å². The van der Waals surface area contributed by atoms with Crippen molar-refractivity contribution in [2.45, 2.75) is 6.10 Å². The van der Waals surface area contributed by atoms with Gasteiger partial charge < -0.3 is 20.6 Å². The molecule has 1 unspecified atom stereocenters. The molecular weight excluding hydrogens is 270 g/mol. The Hall–Kier alpha value is -1.79. The van der Waals surface area contributed by atoms with Crippen LogP contribution in [0.25, 0.3) is 0 Å². The number of carbonyl (C=O) groups excluding carboxylic acids is 1. The predicted molar refractivity (Wildman–Crippen MR) is 70.5 cm³/mol. The van der Waals surface area contributed by atoms with Gasteiger partial charge in [-0.15, -0.1) is 0 Å². The summed E-state index contributed by atoms with van der Waals surface area (Å²) in [5.74, 6) is -0.163. The number of nitrogens with two attached hydrogens (primary N) is 1. The van der Waals surface area contributed by atoms with E-state index in [-0.39, 0.29) is 18.3 Å². The third kappa shape index (κ3) is 3.15. The van der Waals surface area contributed by atoms with Crippen LogP contribution in [0, 0.1) is 0 Å². The third-order valence-corrected chi connectivity index (χ3v) is 3.14. The topological polar surface area (TPSA) is 88.2 Å². The lowest BCUT2D eigenvalue weighted by Gasteiger charge is -2.32. The fourth-order valence-electron chi connectivity index (χ4n) is 1.85. The number of nitrogens with zero attached hydrogens (tertiary/aromatic N) is 2. The predicted octanol–water partition coefficient (Wildman–Crippen LogP) is 0.927. The van der Waals surface area contributed by atoms with Crippen LogP contribution in [0.5, 0.6) is 0 Å². The van der Waals surface area contributed by atoms with Crippen molar-refractivity contribution >= 4 is 23.3 Å². The Kier molecular flexibility index (Phi) is 4.24. The van der Waals surface area contributed by atoms with E-state index in [1.54, 1.807) is 29.2 Å². The molecule has 1 heterocycles. The van der Waals surface area contributed by atoms with Gasteiger partial charge in [0.1, 0.15) is 6.10 Å². The van der Waals surface area contributed by atoms with Crippen molar-refractivity contribution in [3.63, 3.8) is 0 Å². The molecule has 6 nitrogen and oxygen atoms in total. The molecule has 1 fully saturated rings. The van der Waals surface area contributed by atoms with Crippen molar-refractivity contribution in [1.82, 2.24) is 4.90 Å². The monoisotopic (exact) mass is 283 g/mol. The second kappa shape index (κ2) is 5.90. The number of amidine groups is 1. The van der Waals surface area contributed by atoms with E-state index in [1.807, 2.05) is 0 Å². The molecule has 3 N–H and O–H groups in total. The molecule has 1 aromatic carbocycles. The van der Waals surface area contributed by atoms with Gasteiger partial charge in [-0.2, -0.15) is 0 Å². The van der Waals surface area contributed by atoms with Gasteiger partial charge >= 0.3 is 0 Å². The first-order chi connectivity index (χ1) is 9.11. The van der Waals surface area contributed by atoms with Crippen molar-refractivity contribution in [2.24, 2.45) is 10.9 Å². The minimum absolute atomic E-state index is 0.0337. The Balaban J connectivity index is 2.09. The Morgan fingerprint density at radius 3 is 2.79 bits per heavy atom. The van der Waals surface area contributed by atoms with Gasteiger partial charge in [-0.25, -0.2) is 0 Å². The van der Waals surface area contributed by atoms with Gasteiger partial charge in [0.15, 0.2) is 5.84 Å². The van der Waals surface area contributed by atoms with Crippen molar-refractivity contribution in [1.29, 1.82) is 0 Å². The summed E-state index contributed by atoms with van der Waals surface area (Å²) < 4.78 is 5.34. The first-order valence-corrected chi connectivity index (χ1v) is 6.13.